The molecule has 1 aromatic carbocycles. The van der Waals surface area contributed by atoms with Gasteiger partial charge < -0.3 is 10.2 Å². The van der Waals surface area contributed by atoms with E-state index in [1.807, 2.05) is 19.3 Å². The maximum atomic E-state index is 4.76. The lowest BCUT2D eigenvalue weighted by molar-refractivity contribution is 0.574. The van der Waals surface area contributed by atoms with Gasteiger partial charge in [0.2, 0.25) is 0 Å². The molecule has 0 radical (unpaired) electrons. The van der Waals surface area contributed by atoms with Crippen molar-refractivity contribution in [3.63, 3.8) is 0 Å². The second-order valence-corrected chi connectivity index (χ2v) is 5.68. The number of nitrogens with zero attached hydrogens (tertiary/aromatic N) is 2. The van der Waals surface area contributed by atoms with Gasteiger partial charge in [-0.3, -0.25) is 4.99 Å². The minimum atomic E-state index is 0.273. The molecule has 0 saturated heterocycles. The number of aliphatic imine (C=N–C) groups is 1. The summed E-state index contributed by atoms with van der Waals surface area (Å²) in [6.45, 7) is 4.34. The molecule has 3 aliphatic rings. The van der Waals surface area contributed by atoms with E-state index in [-0.39, 0.29) is 6.04 Å². The average Bonchev–Trinajstić information content (AvgIpc) is 2.47. The summed E-state index contributed by atoms with van der Waals surface area (Å²) in [4.78, 5) is 7.04. The Hall–Kier alpha value is -2.03. The fraction of sp³-hybridized carbons (Fsp3) is 0.389. The SMILES string of the molecule is CC/C=C\C=N/[C@@H]1C2=CC1c1c(ccc(NC)c1C)N2C. The van der Waals surface area contributed by atoms with Crippen molar-refractivity contribution in [2.75, 3.05) is 24.3 Å². The highest BCUT2D eigenvalue weighted by Crippen LogP contribution is 2.51. The van der Waals surface area contributed by atoms with E-state index in [1.165, 1.54) is 28.2 Å². The smallest absolute Gasteiger partial charge is 0.100 e. The fourth-order valence-electron chi connectivity index (χ4n) is 3.34. The fourth-order valence-corrected chi connectivity index (χ4v) is 3.34. The molecule has 21 heavy (non-hydrogen) atoms. The second-order valence-electron chi connectivity index (χ2n) is 5.68. The molecule has 2 bridgehead atoms. The number of hydrogen-bond donors (Lipinski definition) is 1. The Morgan fingerprint density at radius 1 is 1.38 bits per heavy atom. The minimum Gasteiger partial charge on any atom is -0.388 e. The van der Waals surface area contributed by atoms with Crippen LogP contribution in [0, 0.1) is 6.92 Å². The quantitative estimate of drug-likeness (QED) is 0.848. The molecule has 0 aromatic heterocycles. The molecule has 0 spiro atoms. The minimum absolute atomic E-state index is 0.273. The van der Waals surface area contributed by atoms with E-state index in [4.69, 9.17) is 4.99 Å². The first-order chi connectivity index (χ1) is 10.2. The van der Waals surface area contributed by atoms with Gasteiger partial charge in [0, 0.05) is 43.3 Å². The third-order valence-corrected chi connectivity index (χ3v) is 4.54. The van der Waals surface area contributed by atoms with E-state index in [9.17, 15) is 0 Å². The van der Waals surface area contributed by atoms with Crippen molar-refractivity contribution in [3.8, 4) is 0 Å². The first-order valence-electron chi connectivity index (χ1n) is 7.64. The highest BCUT2D eigenvalue weighted by atomic mass is 15.2. The summed E-state index contributed by atoms with van der Waals surface area (Å²) in [5, 5.41) is 3.28. The third-order valence-electron chi connectivity index (χ3n) is 4.54. The maximum absolute atomic E-state index is 4.76. The number of nitrogens with one attached hydrogen (secondary N) is 1. The van der Waals surface area contributed by atoms with E-state index >= 15 is 0 Å². The zero-order chi connectivity index (χ0) is 15.0. The third kappa shape index (κ3) is 2.08. The number of rotatable bonds is 4. The molecule has 2 heterocycles. The van der Waals surface area contributed by atoms with Gasteiger partial charge in [0.25, 0.3) is 0 Å². The van der Waals surface area contributed by atoms with Crippen LogP contribution in [0.3, 0.4) is 0 Å². The molecule has 1 aromatic rings. The van der Waals surface area contributed by atoms with Crippen LogP contribution in [0.1, 0.15) is 30.4 Å². The normalized spacial score (nSPS) is 23.2. The summed E-state index contributed by atoms with van der Waals surface area (Å²) in [5.41, 5.74) is 6.61. The predicted octanol–water partition coefficient (Wildman–Crippen LogP) is 3.87. The Morgan fingerprint density at radius 2 is 2.19 bits per heavy atom. The lowest BCUT2D eigenvalue weighted by Crippen LogP contribution is -2.43. The first kappa shape index (κ1) is 13.9. The second kappa shape index (κ2) is 5.40. The van der Waals surface area contributed by atoms with E-state index < -0.39 is 0 Å². The summed E-state index contributed by atoms with van der Waals surface area (Å²) in [6.07, 6.45) is 9.53. The number of benzene rings is 1. The lowest BCUT2D eigenvalue weighted by Gasteiger charge is -2.47. The summed E-state index contributed by atoms with van der Waals surface area (Å²) in [7, 11) is 4.12. The van der Waals surface area contributed by atoms with Crippen molar-refractivity contribution in [1.29, 1.82) is 0 Å². The first-order valence-corrected chi connectivity index (χ1v) is 7.64. The molecule has 0 fully saturated rings. The van der Waals surface area contributed by atoms with E-state index in [2.05, 4.69) is 55.4 Å². The molecule has 1 aliphatic carbocycles. The molecule has 0 amide bonds. The summed E-state index contributed by atoms with van der Waals surface area (Å²) < 4.78 is 0. The summed E-state index contributed by atoms with van der Waals surface area (Å²) in [6, 6.07) is 4.65. The lowest BCUT2D eigenvalue weighted by atomic mass is 9.73. The molecule has 4 rings (SSSR count). The van der Waals surface area contributed by atoms with Crippen LogP contribution in [0.2, 0.25) is 0 Å². The van der Waals surface area contributed by atoms with E-state index in [0.717, 1.165) is 6.42 Å². The average molecular weight is 281 g/mol. The van der Waals surface area contributed by atoms with Crippen molar-refractivity contribution >= 4 is 17.6 Å². The standard InChI is InChI=1S/C18H23N3/c1-5-6-7-10-20-18-13-11-16(18)21(4)15-9-8-14(19-3)12(2)17(13)15/h6-11,13,18-19H,5H2,1-4H3/b7-6-,20-10-/t13?,18-/m0/s1. The molecular weight excluding hydrogens is 258 g/mol. The molecule has 110 valence electrons. The Kier molecular flexibility index (Phi) is 3.58. The molecule has 0 saturated carbocycles. The number of likely N-dealkylation sites (N-methyl/N-ethyl adjacent to an activating group) is 1. The van der Waals surface area contributed by atoms with Crippen molar-refractivity contribution < 1.29 is 0 Å². The van der Waals surface area contributed by atoms with Crippen LogP contribution in [0.4, 0.5) is 11.4 Å². The number of allylic oxidation sites excluding steroid dienone is 2. The van der Waals surface area contributed by atoms with Crippen LogP contribution in [-0.4, -0.2) is 26.4 Å². The molecule has 1 N–H and O–H groups in total. The van der Waals surface area contributed by atoms with Crippen LogP contribution in [0.5, 0.6) is 0 Å². The largest absolute Gasteiger partial charge is 0.388 e. The Balaban J connectivity index is 1.96. The van der Waals surface area contributed by atoms with Crippen molar-refractivity contribution in [2.45, 2.75) is 32.2 Å². The van der Waals surface area contributed by atoms with Gasteiger partial charge in [-0.25, -0.2) is 0 Å². The molecule has 2 aliphatic heterocycles. The number of anilines is 2. The van der Waals surface area contributed by atoms with Gasteiger partial charge in [-0.2, -0.15) is 0 Å². The van der Waals surface area contributed by atoms with Gasteiger partial charge in [-0.05, 0) is 42.7 Å². The molecule has 2 atom stereocenters. The van der Waals surface area contributed by atoms with Crippen molar-refractivity contribution in [1.82, 2.24) is 0 Å². The Labute approximate surface area is 127 Å². The van der Waals surface area contributed by atoms with Gasteiger partial charge >= 0.3 is 0 Å². The van der Waals surface area contributed by atoms with Crippen LogP contribution in [0.25, 0.3) is 0 Å². The molecule has 3 nitrogen and oxygen atoms in total. The maximum Gasteiger partial charge on any atom is 0.100 e. The van der Waals surface area contributed by atoms with Gasteiger partial charge in [-0.15, -0.1) is 0 Å². The topological polar surface area (TPSA) is 27.6 Å². The zero-order valence-corrected chi connectivity index (χ0v) is 13.2. The predicted molar refractivity (Wildman–Crippen MR) is 91.7 cm³/mol. The Bertz CT molecular complexity index is 640. The van der Waals surface area contributed by atoms with Gasteiger partial charge in [0.05, 0.1) is 0 Å². The zero-order valence-electron chi connectivity index (χ0n) is 13.2. The van der Waals surface area contributed by atoms with E-state index in [0.29, 0.717) is 5.92 Å². The van der Waals surface area contributed by atoms with Gasteiger partial charge in [-0.1, -0.05) is 19.1 Å². The van der Waals surface area contributed by atoms with Crippen molar-refractivity contribution in [3.05, 3.63) is 47.2 Å². The highest BCUT2D eigenvalue weighted by Gasteiger charge is 2.43. The Morgan fingerprint density at radius 3 is 2.90 bits per heavy atom. The summed E-state index contributed by atoms with van der Waals surface area (Å²) in [5.74, 6) is 0.422. The van der Waals surface area contributed by atoms with Gasteiger partial charge in [0.15, 0.2) is 0 Å². The number of hydrogen-bond acceptors (Lipinski definition) is 3. The van der Waals surface area contributed by atoms with Crippen LogP contribution in [-0.2, 0) is 0 Å². The molecule has 1 unspecified atom stereocenters. The van der Waals surface area contributed by atoms with Crippen LogP contribution >= 0.6 is 0 Å². The summed E-state index contributed by atoms with van der Waals surface area (Å²) >= 11 is 0. The van der Waals surface area contributed by atoms with Crippen LogP contribution in [0.15, 0.2) is 41.1 Å². The molecular formula is C18H23N3. The van der Waals surface area contributed by atoms with Crippen molar-refractivity contribution in [2.24, 2.45) is 4.99 Å². The molecule has 3 heteroatoms. The van der Waals surface area contributed by atoms with Crippen LogP contribution < -0.4 is 10.2 Å². The monoisotopic (exact) mass is 281 g/mol. The van der Waals surface area contributed by atoms with Gasteiger partial charge in [0.1, 0.15) is 6.04 Å². The highest BCUT2D eigenvalue weighted by molar-refractivity contribution is 5.78. The van der Waals surface area contributed by atoms with E-state index in [1.54, 1.807) is 0 Å².